The molecule has 1 aliphatic carbocycles. The van der Waals surface area contributed by atoms with E-state index >= 15 is 0 Å². The predicted molar refractivity (Wildman–Crippen MR) is 80.3 cm³/mol. The number of aryl methyl sites for hydroxylation is 2. The summed E-state index contributed by atoms with van der Waals surface area (Å²) in [5, 5.41) is 0. The summed E-state index contributed by atoms with van der Waals surface area (Å²) < 4.78 is 5.48. The van der Waals surface area contributed by atoms with Gasteiger partial charge in [-0.2, -0.15) is 0 Å². The van der Waals surface area contributed by atoms with Gasteiger partial charge in [-0.05, 0) is 26.2 Å². The lowest BCUT2D eigenvalue weighted by molar-refractivity contribution is 0.0724. The number of hydrogen-bond donors (Lipinski definition) is 0. The molecule has 116 valence electrons. The highest BCUT2D eigenvalue weighted by Crippen LogP contribution is 2.24. The number of nitrogens with zero attached hydrogens (tertiary/aromatic N) is 3. The molecule has 1 saturated heterocycles. The minimum atomic E-state index is 0.00127. The number of carbonyl (C=O) groups is 1. The van der Waals surface area contributed by atoms with Crippen LogP contribution in [-0.4, -0.2) is 52.9 Å². The van der Waals surface area contributed by atoms with E-state index in [1.54, 1.807) is 6.92 Å². The third kappa shape index (κ3) is 3.12. The van der Waals surface area contributed by atoms with E-state index < -0.39 is 0 Å². The van der Waals surface area contributed by atoms with E-state index in [0.717, 1.165) is 38.6 Å². The summed E-state index contributed by atoms with van der Waals surface area (Å²) in [5.74, 6) is 0.987. The molecular weight excluding hydrogens is 266 g/mol. The fraction of sp³-hybridized carbons (Fsp3) is 0.750. The maximum absolute atomic E-state index is 12.6. The first-order chi connectivity index (χ1) is 10.1. The third-order valence-electron chi connectivity index (χ3n) is 4.76. The summed E-state index contributed by atoms with van der Waals surface area (Å²) in [6.07, 6.45) is 6.43. The Kier molecular flexibility index (Phi) is 4.29. The SMILES string of the molecule is Cc1nc(C)c(C(=O)N2CCCN(C3CCCC3)CC2)o1. The van der Waals surface area contributed by atoms with Crippen LogP contribution in [0.2, 0.25) is 0 Å². The molecule has 0 spiro atoms. The second-order valence-corrected chi connectivity index (χ2v) is 6.27. The Morgan fingerprint density at radius 3 is 2.52 bits per heavy atom. The second-order valence-electron chi connectivity index (χ2n) is 6.27. The number of carbonyl (C=O) groups excluding carboxylic acids is 1. The fourth-order valence-electron chi connectivity index (χ4n) is 3.65. The van der Waals surface area contributed by atoms with Crippen molar-refractivity contribution in [1.29, 1.82) is 0 Å². The lowest BCUT2D eigenvalue weighted by Gasteiger charge is -2.27. The van der Waals surface area contributed by atoms with E-state index in [9.17, 15) is 4.79 Å². The van der Waals surface area contributed by atoms with Gasteiger partial charge in [0, 0.05) is 39.1 Å². The van der Waals surface area contributed by atoms with Gasteiger partial charge in [0.05, 0.1) is 5.69 Å². The molecule has 1 aliphatic heterocycles. The van der Waals surface area contributed by atoms with Gasteiger partial charge in [0.15, 0.2) is 5.89 Å². The van der Waals surface area contributed by atoms with Crippen molar-refractivity contribution in [2.45, 2.75) is 52.0 Å². The van der Waals surface area contributed by atoms with E-state index in [2.05, 4.69) is 9.88 Å². The first kappa shape index (κ1) is 14.6. The molecule has 5 nitrogen and oxygen atoms in total. The monoisotopic (exact) mass is 291 g/mol. The summed E-state index contributed by atoms with van der Waals surface area (Å²) in [4.78, 5) is 21.3. The number of rotatable bonds is 2. The highest BCUT2D eigenvalue weighted by molar-refractivity contribution is 5.92. The van der Waals surface area contributed by atoms with Crippen LogP contribution in [0.1, 0.15) is 54.2 Å². The van der Waals surface area contributed by atoms with Gasteiger partial charge in [-0.25, -0.2) is 4.98 Å². The number of oxazole rings is 1. The van der Waals surface area contributed by atoms with Crippen LogP contribution in [-0.2, 0) is 0 Å². The Bertz CT molecular complexity index is 506. The molecule has 0 unspecified atom stereocenters. The number of aromatic nitrogens is 1. The van der Waals surface area contributed by atoms with Gasteiger partial charge >= 0.3 is 0 Å². The molecule has 0 bridgehead atoms. The summed E-state index contributed by atoms with van der Waals surface area (Å²) in [5.41, 5.74) is 0.703. The highest BCUT2D eigenvalue weighted by atomic mass is 16.4. The van der Waals surface area contributed by atoms with Crippen LogP contribution in [0, 0.1) is 13.8 Å². The first-order valence-corrected chi connectivity index (χ1v) is 8.12. The quantitative estimate of drug-likeness (QED) is 0.839. The van der Waals surface area contributed by atoms with Crippen molar-refractivity contribution in [2.75, 3.05) is 26.2 Å². The van der Waals surface area contributed by atoms with Crippen LogP contribution in [0.25, 0.3) is 0 Å². The first-order valence-electron chi connectivity index (χ1n) is 8.12. The van der Waals surface area contributed by atoms with Gasteiger partial charge in [0.1, 0.15) is 0 Å². The van der Waals surface area contributed by atoms with E-state index in [1.807, 2.05) is 11.8 Å². The maximum atomic E-state index is 12.6. The molecule has 2 heterocycles. The van der Waals surface area contributed by atoms with Crippen LogP contribution in [0.3, 0.4) is 0 Å². The van der Waals surface area contributed by atoms with Gasteiger partial charge in [-0.15, -0.1) is 0 Å². The van der Waals surface area contributed by atoms with Crippen LogP contribution >= 0.6 is 0 Å². The molecule has 1 amide bonds. The average Bonchev–Trinajstić information content (AvgIpc) is 3.02. The van der Waals surface area contributed by atoms with Crippen molar-refractivity contribution in [2.24, 2.45) is 0 Å². The van der Waals surface area contributed by atoms with Gasteiger partial charge < -0.3 is 9.32 Å². The molecule has 1 saturated carbocycles. The van der Waals surface area contributed by atoms with Crippen molar-refractivity contribution in [3.63, 3.8) is 0 Å². The molecule has 0 N–H and O–H groups in total. The maximum Gasteiger partial charge on any atom is 0.291 e. The number of hydrogen-bond acceptors (Lipinski definition) is 4. The molecule has 1 aromatic heterocycles. The topological polar surface area (TPSA) is 49.6 Å². The fourth-order valence-corrected chi connectivity index (χ4v) is 3.65. The van der Waals surface area contributed by atoms with E-state index in [4.69, 9.17) is 4.42 Å². The second kappa shape index (κ2) is 6.18. The zero-order chi connectivity index (χ0) is 14.8. The van der Waals surface area contributed by atoms with E-state index in [0.29, 0.717) is 17.3 Å². The molecular formula is C16H25N3O2. The molecule has 1 aromatic rings. The Balaban J connectivity index is 1.64. The van der Waals surface area contributed by atoms with Crippen molar-refractivity contribution in [3.05, 3.63) is 17.3 Å². The standard InChI is InChI=1S/C16H25N3O2/c1-12-15(21-13(2)17-12)16(20)19-9-5-8-18(10-11-19)14-6-3-4-7-14/h14H,3-11H2,1-2H3. The molecule has 2 fully saturated rings. The van der Waals surface area contributed by atoms with Gasteiger partial charge in [-0.3, -0.25) is 9.69 Å². The Morgan fingerprint density at radius 2 is 1.86 bits per heavy atom. The van der Waals surface area contributed by atoms with Crippen LogP contribution < -0.4 is 0 Å². The van der Waals surface area contributed by atoms with Crippen LogP contribution in [0.4, 0.5) is 0 Å². The van der Waals surface area contributed by atoms with Crippen molar-refractivity contribution >= 4 is 5.91 Å². The highest BCUT2D eigenvalue weighted by Gasteiger charge is 2.28. The zero-order valence-corrected chi connectivity index (χ0v) is 13.1. The summed E-state index contributed by atoms with van der Waals surface area (Å²) in [6.45, 7) is 7.35. The summed E-state index contributed by atoms with van der Waals surface area (Å²) in [7, 11) is 0. The molecule has 3 rings (SSSR count). The number of amides is 1. The zero-order valence-electron chi connectivity index (χ0n) is 13.1. The predicted octanol–water partition coefficient (Wildman–Crippen LogP) is 2.38. The molecule has 0 atom stereocenters. The van der Waals surface area contributed by atoms with Crippen LogP contribution in [0.5, 0.6) is 0 Å². The third-order valence-corrected chi connectivity index (χ3v) is 4.76. The van der Waals surface area contributed by atoms with Crippen molar-refractivity contribution in [1.82, 2.24) is 14.8 Å². The van der Waals surface area contributed by atoms with Gasteiger partial charge in [0.2, 0.25) is 5.76 Å². The average molecular weight is 291 g/mol. The lowest BCUT2D eigenvalue weighted by Crippen LogP contribution is -2.38. The van der Waals surface area contributed by atoms with Crippen molar-refractivity contribution < 1.29 is 9.21 Å². The molecule has 0 aromatic carbocycles. The van der Waals surface area contributed by atoms with Gasteiger partial charge in [-0.1, -0.05) is 12.8 Å². The largest absolute Gasteiger partial charge is 0.436 e. The molecule has 0 radical (unpaired) electrons. The lowest BCUT2D eigenvalue weighted by atomic mass is 10.2. The smallest absolute Gasteiger partial charge is 0.291 e. The molecule has 5 heteroatoms. The minimum absolute atomic E-state index is 0.00127. The Hall–Kier alpha value is -1.36. The molecule has 2 aliphatic rings. The molecule has 21 heavy (non-hydrogen) atoms. The van der Waals surface area contributed by atoms with Crippen molar-refractivity contribution in [3.8, 4) is 0 Å². The summed E-state index contributed by atoms with van der Waals surface area (Å²) >= 11 is 0. The normalized spacial score (nSPS) is 21.7. The minimum Gasteiger partial charge on any atom is -0.436 e. The Labute approximate surface area is 126 Å². The Morgan fingerprint density at radius 1 is 1.10 bits per heavy atom. The summed E-state index contributed by atoms with van der Waals surface area (Å²) in [6, 6.07) is 0.745. The van der Waals surface area contributed by atoms with E-state index in [1.165, 1.54) is 25.7 Å². The van der Waals surface area contributed by atoms with Crippen LogP contribution in [0.15, 0.2) is 4.42 Å². The van der Waals surface area contributed by atoms with Gasteiger partial charge in [0.25, 0.3) is 5.91 Å². The van der Waals surface area contributed by atoms with E-state index in [-0.39, 0.29) is 5.91 Å².